The fourth-order valence-corrected chi connectivity index (χ4v) is 3.31. The number of aryl methyl sites for hydroxylation is 1. The van der Waals surface area contributed by atoms with Crippen molar-refractivity contribution >= 4 is 28.4 Å². The van der Waals surface area contributed by atoms with Crippen LogP contribution in [-0.4, -0.2) is 29.2 Å². The summed E-state index contributed by atoms with van der Waals surface area (Å²) in [5.74, 6) is 0.810. The second-order valence-corrected chi connectivity index (χ2v) is 6.79. The van der Waals surface area contributed by atoms with Gasteiger partial charge in [-0.2, -0.15) is 0 Å². The number of amides is 1. The molecule has 4 rings (SSSR count). The monoisotopic (exact) mass is 407 g/mol. The number of hydrogen-bond donors (Lipinski definition) is 1. The third kappa shape index (κ3) is 3.93. The Morgan fingerprint density at radius 3 is 2.83 bits per heavy atom. The van der Waals surface area contributed by atoms with Crippen LogP contribution in [0.2, 0.25) is 5.02 Å². The van der Waals surface area contributed by atoms with Gasteiger partial charge in [0.05, 0.1) is 11.6 Å². The molecule has 4 aromatic rings. The van der Waals surface area contributed by atoms with Crippen molar-refractivity contribution in [3.05, 3.63) is 77.1 Å². The molecule has 2 heterocycles. The molecular formula is C22H18ClN3O3. The van der Waals surface area contributed by atoms with E-state index in [2.05, 4.69) is 15.5 Å². The van der Waals surface area contributed by atoms with Crippen molar-refractivity contribution in [2.24, 2.45) is 0 Å². The molecule has 0 radical (unpaired) electrons. The van der Waals surface area contributed by atoms with E-state index in [1.807, 2.05) is 42.5 Å². The first kappa shape index (κ1) is 19.0. The molecule has 0 bridgehead atoms. The smallest absolute Gasteiger partial charge is 0.257 e. The van der Waals surface area contributed by atoms with Crippen molar-refractivity contribution in [2.45, 2.75) is 6.92 Å². The Kier molecular flexibility index (Phi) is 5.44. The van der Waals surface area contributed by atoms with Crippen LogP contribution in [0.4, 0.5) is 0 Å². The number of carbonyl (C=O) groups is 1. The first-order chi connectivity index (χ1) is 14.1. The Morgan fingerprint density at radius 2 is 1.97 bits per heavy atom. The van der Waals surface area contributed by atoms with E-state index in [1.54, 1.807) is 25.3 Å². The summed E-state index contributed by atoms with van der Waals surface area (Å²) in [6.45, 7) is 2.31. The molecule has 29 heavy (non-hydrogen) atoms. The number of nitrogens with one attached hydrogen (secondary N) is 1. The molecule has 6 nitrogen and oxygen atoms in total. The van der Waals surface area contributed by atoms with E-state index in [1.165, 1.54) is 0 Å². The van der Waals surface area contributed by atoms with Gasteiger partial charge in [-0.3, -0.25) is 9.78 Å². The third-order valence-corrected chi connectivity index (χ3v) is 4.79. The number of pyridine rings is 1. The first-order valence-corrected chi connectivity index (χ1v) is 9.49. The van der Waals surface area contributed by atoms with Gasteiger partial charge in [-0.1, -0.05) is 53.2 Å². The number of aromatic nitrogens is 2. The van der Waals surface area contributed by atoms with Crippen LogP contribution >= 0.6 is 11.6 Å². The predicted octanol–water partition coefficient (Wildman–Crippen LogP) is 4.66. The largest absolute Gasteiger partial charge is 0.489 e. The summed E-state index contributed by atoms with van der Waals surface area (Å²) in [7, 11) is 0. The quantitative estimate of drug-likeness (QED) is 0.470. The van der Waals surface area contributed by atoms with E-state index in [0.717, 1.165) is 10.9 Å². The highest BCUT2D eigenvalue weighted by Crippen LogP contribution is 2.30. The maximum Gasteiger partial charge on any atom is 0.257 e. The highest BCUT2D eigenvalue weighted by atomic mass is 35.5. The van der Waals surface area contributed by atoms with Gasteiger partial charge in [0.15, 0.2) is 0 Å². The van der Waals surface area contributed by atoms with Gasteiger partial charge in [0.1, 0.15) is 34.9 Å². The molecule has 0 aliphatic rings. The van der Waals surface area contributed by atoms with Crippen molar-refractivity contribution in [1.29, 1.82) is 0 Å². The fraction of sp³-hybridized carbons (Fsp3) is 0.136. The van der Waals surface area contributed by atoms with E-state index in [-0.39, 0.29) is 5.91 Å². The van der Waals surface area contributed by atoms with E-state index in [0.29, 0.717) is 46.5 Å². The summed E-state index contributed by atoms with van der Waals surface area (Å²) in [5, 5.41) is 8.36. The Balaban J connectivity index is 1.43. The summed E-state index contributed by atoms with van der Waals surface area (Å²) in [6.07, 6.45) is 1.72. The van der Waals surface area contributed by atoms with E-state index < -0.39 is 0 Å². The van der Waals surface area contributed by atoms with Crippen molar-refractivity contribution in [3.8, 4) is 17.0 Å². The number of carbonyl (C=O) groups excluding carboxylic acids is 1. The van der Waals surface area contributed by atoms with Gasteiger partial charge in [-0.25, -0.2) is 0 Å². The Labute approximate surface area is 172 Å². The molecule has 1 amide bonds. The predicted molar refractivity (Wildman–Crippen MR) is 111 cm³/mol. The average Bonchev–Trinajstić information content (AvgIpc) is 3.12. The van der Waals surface area contributed by atoms with Crippen LogP contribution in [0.1, 0.15) is 16.1 Å². The molecule has 7 heteroatoms. The molecule has 0 atom stereocenters. The highest BCUT2D eigenvalue weighted by molar-refractivity contribution is 6.33. The Bertz CT molecular complexity index is 1170. The lowest BCUT2D eigenvalue weighted by molar-refractivity contribution is 0.0946. The molecule has 146 valence electrons. The standard InChI is InChI=1S/C22H18ClN3O3/c1-14-19(21(26-29-14)16-8-2-3-9-17(16)23)22(27)25-12-13-28-18-10-4-6-15-7-5-11-24-20(15)18/h2-11H,12-13H2,1H3,(H,25,27). The van der Waals surface area contributed by atoms with Crippen molar-refractivity contribution in [3.63, 3.8) is 0 Å². The lowest BCUT2D eigenvalue weighted by Gasteiger charge is -2.10. The zero-order valence-electron chi connectivity index (χ0n) is 15.7. The third-order valence-electron chi connectivity index (χ3n) is 4.46. The molecule has 0 fully saturated rings. The molecule has 0 saturated heterocycles. The van der Waals surface area contributed by atoms with E-state index in [4.69, 9.17) is 20.9 Å². The maximum atomic E-state index is 12.7. The molecule has 0 aliphatic carbocycles. The summed E-state index contributed by atoms with van der Waals surface area (Å²) in [5.41, 5.74) is 2.22. The van der Waals surface area contributed by atoms with Crippen LogP contribution in [0.3, 0.4) is 0 Å². The van der Waals surface area contributed by atoms with E-state index in [9.17, 15) is 4.79 Å². The van der Waals surface area contributed by atoms with Crippen LogP contribution in [-0.2, 0) is 0 Å². The minimum absolute atomic E-state index is 0.293. The molecule has 0 saturated carbocycles. The number of hydrogen-bond acceptors (Lipinski definition) is 5. The number of rotatable bonds is 6. The van der Waals surface area contributed by atoms with E-state index >= 15 is 0 Å². The molecular weight excluding hydrogens is 390 g/mol. The van der Waals surface area contributed by atoms with Crippen LogP contribution < -0.4 is 10.1 Å². The SMILES string of the molecule is Cc1onc(-c2ccccc2Cl)c1C(=O)NCCOc1cccc2cccnc12. The van der Waals surface area contributed by atoms with Gasteiger partial charge in [-0.05, 0) is 25.1 Å². The maximum absolute atomic E-state index is 12.7. The van der Waals surface area contributed by atoms with Crippen molar-refractivity contribution in [1.82, 2.24) is 15.5 Å². The fourth-order valence-electron chi connectivity index (χ4n) is 3.08. The number of fused-ring (bicyclic) bond motifs is 1. The van der Waals surface area contributed by atoms with Crippen LogP contribution in [0.5, 0.6) is 5.75 Å². The van der Waals surface area contributed by atoms with Crippen LogP contribution in [0.25, 0.3) is 22.2 Å². The number of halogens is 1. The van der Waals surface area contributed by atoms with Gasteiger partial charge < -0.3 is 14.6 Å². The molecule has 0 aliphatic heterocycles. The van der Waals surface area contributed by atoms with Crippen LogP contribution in [0.15, 0.2) is 65.3 Å². The lowest BCUT2D eigenvalue weighted by Crippen LogP contribution is -2.28. The van der Waals surface area contributed by atoms with Crippen molar-refractivity contribution < 1.29 is 14.1 Å². The van der Waals surface area contributed by atoms with Gasteiger partial charge in [0, 0.05) is 17.1 Å². The van der Waals surface area contributed by atoms with Crippen LogP contribution in [0, 0.1) is 6.92 Å². The molecule has 2 aromatic heterocycles. The minimum atomic E-state index is -0.293. The Hall–Kier alpha value is -3.38. The summed E-state index contributed by atoms with van der Waals surface area (Å²) in [4.78, 5) is 17.1. The van der Waals surface area contributed by atoms with Gasteiger partial charge in [0.2, 0.25) is 0 Å². The second kappa shape index (κ2) is 8.32. The second-order valence-electron chi connectivity index (χ2n) is 6.38. The normalized spacial score (nSPS) is 10.8. The minimum Gasteiger partial charge on any atom is -0.489 e. The van der Waals surface area contributed by atoms with Gasteiger partial charge in [-0.15, -0.1) is 0 Å². The zero-order valence-corrected chi connectivity index (χ0v) is 16.4. The Morgan fingerprint density at radius 1 is 1.14 bits per heavy atom. The lowest BCUT2D eigenvalue weighted by atomic mass is 10.1. The highest BCUT2D eigenvalue weighted by Gasteiger charge is 2.22. The van der Waals surface area contributed by atoms with Gasteiger partial charge >= 0.3 is 0 Å². The first-order valence-electron chi connectivity index (χ1n) is 9.11. The number of ether oxygens (including phenoxy) is 1. The number of nitrogens with zero attached hydrogens (tertiary/aromatic N) is 2. The summed E-state index contributed by atoms with van der Waals surface area (Å²) < 4.78 is 11.1. The average molecular weight is 408 g/mol. The number of benzene rings is 2. The molecule has 2 aromatic carbocycles. The molecule has 0 unspecified atom stereocenters. The number of para-hydroxylation sites is 1. The van der Waals surface area contributed by atoms with Crippen molar-refractivity contribution in [2.75, 3.05) is 13.2 Å². The summed E-state index contributed by atoms with van der Waals surface area (Å²) >= 11 is 6.25. The molecule has 1 N–H and O–H groups in total. The zero-order chi connectivity index (χ0) is 20.2. The van der Waals surface area contributed by atoms with Gasteiger partial charge in [0.25, 0.3) is 5.91 Å². The topological polar surface area (TPSA) is 77.2 Å². The molecule has 0 spiro atoms. The summed E-state index contributed by atoms with van der Waals surface area (Å²) in [6, 6.07) is 16.8.